The molecule has 0 spiro atoms. The van der Waals surface area contributed by atoms with Crippen LogP contribution in [0.3, 0.4) is 0 Å². The Labute approximate surface area is 139 Å². The topological polar surface area (TPSA) is 75.9 Å². The quantitative estimate of drug-likeness (QED) is 0.924. The molecule has 2 heterocycles. The van der Waals surface area contributed by atoms with Crippen molar-refractivity contribution in [2.45, 2.75) is 25.8 Å². The van der Waals surface area contributed by atoms with Crippen molar-refractivity contribution in [1.82, 2.24) is 30.4 Å². The molecule has 1 aliphatic rings. The van der Waals surface area contributed by atoms with Crippen LogP contribution in [0.15, 0.2) is 24.3 Å². The number of likely N-dealkylation sites (tertiary alicyclic amines) is 1. The molecular weight excluding hydrogens is 311 g/mol. The summed E-state index contributed by atoms with van der Waals surface area (Å²) in [5.74, 6) is 0.820. The van der Waals surface area contributed by atoms with E-state index >= 15 is 0 Å². The van der Waals surface area contributed by atoms with Crippen molar-refractivity contribution in [3.63, 3.8) is 0 Å². The highest BCUT2D eigenvalue weighted by Crippen LogP contribution is 2.35. The summed E-state index contributed by atoms with van der Waals surface area (Å²) in [4.78, 5) is 14.3. The van der Waals surface area contributed by atoms with Crippen LogP contribution in [0.2, 0.25) is 0 Å². The Hall–Kier alpha value is -2.51. The molecule has 3 rings (SSSR count). The summed E-state index contributed by atoms with van der Waals surface area (Å²) < 4.78 is 15.1. The molecule has 1 N–H and O–H groups in total. The molecule has 1 saturated heterocycles. The summed E-state index contributed by atoms with van der Waals surface area (Å²) in [5.41, 5.74) is 0.840. The van der Waals surface area contributed by atoms with Gasteiger partial charge in [0.25, 0.3) is 0 Å². The zero-order valence-electron chi connectivity index (χ0n) is 13.8. The number of nitrogens with one attached hydrogen (secondary N) is 1. The van der Waals surface area contributed by atoms with Gasteiger partial charge in [-0.2, -0.15) is 0 Å². The molecule has 2 amide bonds. The summed E-state index contributed by atoms with van der Waals surface area (Å²) in [6.45, 7) is 3.22. The largest absolute Gasteiger partial charge is 0.338 e. The van der Waals surface area contributed by atoms with Crippen LogP contribution in [0.4, 0.5) is 9.18 Å². The van der Waals surface area contributed by atoms with Crippen LogP contribution in [0, 0.1) is 11.7 Å². The monoisotopic (exact) mass is 332 g/mol. The molecule has 1 aromatic heterocycles. The maximum atomic E-state index is 13.5. The van der Waals surface area contributed by atoms with Gasteiger partial charge in [-0.05, 0) is 40.5 Å². The highest BCUT2D eigenvalue weighted by molar-refractivity contribution is 5.75. The van der Waals surface area contributed by atoms with Crippen LogP contribution in [-0.4, -0.2) is 44.2 Å². The fourth-order valence-corrected chi connectivity index (χ4v) is 3.14. The molecule has 2 atom stereocenters. The van der Waals surface area contributed by atoms with E-state index in [1.54, 1.807) is 22.7 Å². The van der Waals surface area contributed by atoms with Crippen LogP contribution in [0.1, 0.15) is 30.8 Å². The van der Waals surface area contributed by atoms with E-state index in [-0.39, 0.29) is 17.9 Å². The van der Waals surface area contributed by atoms with E-state index in [2.05, 4.69) is 27.8 Å². The van der Waals surface area contributed by atoms with Crippen molar-refractivity contribution in [2.75, 3.05) is 13.1 Å². The average Bonchev–Trinajstić information content (AvgIpc) is 3.13. The first-order valence-corrected chi connectivity index (χ1v) is 8.05. The van der Waals surface area contributed by atoms with E-state index in [9.17, 15) is 9.18 Å². The number of urea groups is 1. The number of aromatic nitrogens is 4. The molecule has 2 unspecified atom stereocenters. The van der Waals surface area contributed by atoms with Gasteiger partial charge in [0.05, 0.1) is 6.04 Å². The van der Waals surface area contributed by atoms with E-state index < -0.39 is 0 Å². The molecule has 1 aromatic carbocycles. The predicted octanol–water partition coefficient (Wildman–Crippen LogP) is 1.68. The number of carbonyl (C=O) groups is 1. The first-order chi connectivity index (χ1) is 11.5. The lowest BCUT2D eigenvalue weighted by molar-refractivity contribution is 0.192. The van der Waals surface area contributed by atoms with Crippen LogP contribution in [-0.2, 0) is 13.5 Å². The van der Waals surface area contributed by atoms with Crippen molar-refractivity contribution >= 4 is 6.03 Å². The molecular formula is C16H21FN6O. The smallest absolute Gasteiger partial charge is 0.317 e. The molecule has 8 heteroatoms. The van der Waals surface area contributed by atoms with E-state index in [4.69, 9.17) is 0 Å². The lowest BCUT2D eigenvalue weighted by atomic mass is 10.0. The van der Waals surface area contributed by atoms with Crippen molar-refractivity contribution in [3.8, 4) is 0 Å². The van der Waals surface area contributed by atoms with E-state index in [0.717, 1.165) is 12.0 Å². The molecule has 7 nitrogen and oxygen atoms in total. The second-order valence-electron chi connectivity index (χ2n) is 6.26. The van der Waals surface area contributed by atoms with Crippen molar-refractivity contribution in [1.29, 1.82) is 0 Å². The summed E-state index contributed by atoms with van der Waals surface area (Å²) >= 11 is 0. The molecule has 0 saturated carbocycles. The van der Waals surface area contributed by atoms with Crippen LogP contribution >= 0.6 is 0 Å². The van der Waals surface area contributed by atoms with E-state index in [1.165, 1.54) is 12.1 Å². The Morgan fingerprint density at radius 3 is 3.00 bits per heavy atom. The Morgan fingerprint density at radius 2 is 2.29 bits per heavy atom. The first kappa shape index (κ1) is 16.4. The van der Waals surface area contributed by atoms with Gasteiger partial charge >= 0.3 is 6.03 Å². The number of tetrazole rings is 1. The fourth-order valence-electron chi connectivity index (χ4n) is 3.14. The second-order valence-corrected chi connectivity index (χ2v) is 6.26. The van der Waals surface area contributed by atoms with Gasteiger partial charge in [0.15, 0.2) is 5.82 Å². The molecule has 1 fully saturated rings. The zero-order valence-corrected chi connectivity index (χ0v) is 13.8. The van der Waals surface area contributed by atoms with Gasteiger partial charge in [-0.15, -0.1) is 5.10 Å². The normalized spacial score (nSPS) is 20.4. The third-order valence-corrected chi connectivity index (χ3v) is 4.34. The number of amides is 2. The van der Waals surface area contributed by atoms with Crippen molar-refractivity contribution in [3.05, 3.63) is 41.5 Å². The molecule has 0 radical (unpaired) electrons. The van der Waals surface area contributed by atoms with Crippen molar-refractivity contribution < 1.29 is 9.18 Å². The molecule has 0 bridgehead atoms. The van der Waals surface area contributed by atoms with E-state index in [0.29, 0.717) is 31.3 Å². The SMILES string of the molecule is CC1CC(c2cccc(F)c2)N(C(=O)NCCc2nnnn2C)C1. The minimum absolute atomic E-state index is 0.0906. The summed E-state index contributed by atoms with van der Waals surface area (Å²) in [7, 11) is 1.76. The minimum Gasteiger partial charge on any atom is -0.338 e. The van der Waals surface area contributed by atoms with Gasteiger partial charge in [-0.1, -0.05) is 19.1 Å². The maximum absolute atomic E-state index is 13.5. The van der Waals surface area contributed by atoms with Gasteiger partial charge in [0.1, 0.15) is 5.82 Å². The second kappa shape index (κ2) is 6.94. The minimum atomic E-state index is -0.276. The molecule has 0 aliphatic carbocycles. The number of carbonyl (C=O) groups excluding carboxylic acids is 1. The number of aryl methyl sites for hydroxylation is 1. The van der Waals surface area contributed by atoms with Gasteiger partial charge in [-0.25, -0.2) is 13.9 Å². The average molecular weight is 332 g/mol. The Morgan fingerprint density at radius 1 is 1.46 bits per heavy atom. The van der Waals surface area contributed by atoms with Gasteiger partial charge in [0, 0.05) is 26.6 Å². The van der Waals surface area contributed by atoms with Crippen molar-refractivity contribution in [2.24, 2.45) is 13.0 Å². The lowest BCUT2D eigenvalue weighted by Crippen LogP contribution is -2.40. The Bertz CT molecular complexity index is 718. The predicted molar refractivity (Wildman–Crippen MR) is 85.5 cm³/mol. The number of halogens is 1. The van der Waals surface area contributed by atoms with Crippen LogP contribution < -0.4 is 5.32 Å². The first-order valence-electron chi connectivity index (χ1n) is 8.05. The maximum Gasteiger partial charge on any atom is 0.317 e. The van der Waals surface area contributed by atoms with Crippen LogP contribution in [0.5, 0.6) is 0 Å². The highest BCUT2D eigenvalue weighted by Gasteiger charge is 2.34. The van der Waals surface area contributed by atoms with Gasteiger partial charge < -0.3 is 10.2 Å². The lowest BCUT2D eigenvalue weighted by Gasteiger charge is -2.25. The number of hydrogen-bond donors (Lipinski definition) is 1. The molecule has 2 aromatic rings. The molecule has 128 valence electrons. The Kier molecular flexibility index (Phi) is 4.73. The molecule has 1 aliphatic heterocycles. The number of hydrogen-bond acceptors (Lipinski definition) is 4. The van der Waals surface area contributed by atoms with Gasteiger partial charge in [-0.3, -0.25) is 0 Å². The third-order valence-electron chi connectivity index (χ3n) is 4.34. The van der Waals surface area contributed by atoms with Gasteiger partial charge in [0.2, 0.25) is 0 Å². The summed E-state index contributed by atoms with van der Waals surface area (Å²) in [6.07, 6.45) is 1.40. The fraction of sp³-hybridized carbons (Fsp3) is 0.500. The van der Waals surface area contributed by atoms with Crippen LogP contribution in [0.25, 0.3) is 0 Å². The standard InChI is InChI=1S/C16H21FN6O/c1-11-8-14(12-4-3-5-13(17)9-12)23(10-11)16(24)18-7-6-15-19-20-21-22(15)2/h3-5,9,11,14H,6-8,10H2,1-2H3,(H,18,24). The Balaban J connectivity index is 1.63. The molecule has 24 heavy (non-hydrogen) atoms. The van der Waals surface area contributed by atoms with E-state index in [1.807, 2.05) is 6.07 Å². The summed E-state index contributed by atoms with van der Waals surface area (Å²) in [6, 6.07) is 6.26. The highest BCUT2D eigenvalue weighted by atomic mass is 19.1. The number of rotatable bonds is 4. The number of benzene rings is 1. The summed E-state index contributed by atoms with van der Waals surface area (Å²) in [5, 5.41) is 14.1. The zero-order chi connectivity index (χ0) is 17.1. The number of nitrogens with zero attached hydrogens (tertiary/aromatic N) is 5. The third kappa shape index (κ3) is 3.52.